The predicted molar refractivity (Wildman–Crippen MR) is 162 cm³/mol. The summed E-state index contributed by atoms with van der Waals surface area (Å²) in [6.07, 6.45) is 4.52. The first-order chi connectivity index (χ1) is 20.8. The quantitative estimate of drug-likeness (QED) is 0.405. The summed E-state index contributed by atoms with van der Waals surface area (Å²) in [5, 5.41) is 22.1. The highest BCUT2D eigenvalue weighted by atomic mass is 19.1. The number of anilines is 1. The van der Waals surface area contributed by atoms with Crippen molar-refractivity contribution in [3.8, 4) is 17.8 Å². The van der Waals surface area contributed by atoms with E-state index in [9.17, 15) is 19.6 Å². The van der Waals surface area contributed by atoms with Crippen molar-refractivity contribution in [2.45, 2.75) is 56.5 Å². The van der Waals surface area contributed by atoms with Crippen LogP contribution < -0.4 is 9.64 Å². The van der Waals surface area contributed by atoms with Gasteiger partial charge in [0.05, 0.1) is 24.2 Å². The van der Waals surface area contributed by atoms with E-state index >= 15 is 0 Å². The van der Waals surface area contributed by atoms with Crippen molar-refractivity contribution in [1.29, 1.82) is 5.26 Å². The van der Waals surface area contributed by atoms with Crippen LogP contribution in [0.25, 0.3) is 10.8 Å². The number of ether oxygens (including phenoxy) is 1. The van der Waals surface area contributed by atoms with Gasteiger partial charge in [-0.3, -0.25) is 4.79 Å². The van der Waals surface area contributed by atoms with Crippen molar-refractivity contribution in [2.75, 3.05) is 44.7 Å². The van der Waals surface area contributed by atoms with E-state index in [1.807, 2.05) is 24.3 Å². The molecular weight excluding hydrogens is 547 g/mol. The normalized spacial score (nSPS) is 22.3. The molecule has 2 aliphatic heterocycles. The number of likely N-dealkylation sites (N-methyl/N-ethyl adjacent to an activating group) is 1. The van der Waals surface area contributed by atoms with Crippen LogP contribution in [0.5, 0.6) is 11.8 Å². The summed E-state index contributed by atoms with van der Waals surface area (Å²) in [6.45, 7) is 5.76. The lowest BCUT2D eigenvalue weighted by molar-refractivity contribution is -0.131. The van der Waals surface area contributed by atoms with Gasteiger partial charge >= 0.3 is 6.01 Å². The maximum absolute atomic E-state index is 13.8. The molecule has 0 unspecified atom stereocenters. The number of carbonyl (C=O) groups excluding carboxylic acids is 1. The number of piperazine rings is 1. The number of hydrogen-bond acceptors (Lipinski definition) is 8. The number of nitrogens with zero attached hydrogens (tertiary/aromatic N) is 6. The summed E-state index contributed by atoms with van der Waals surface area (Å²) in [5.74, 6) is -0.630. The highest BCUT2D eigenvalue weighted by Gasteiger charge is 2.35. The zero-order valence-corrected chi connectivity index (χ0v) is 24.5. The summed E-state index contributed by atoms with van der Waals surface area (Å²) in [4.78, 5) is 28.1. The van der Waals surface area contributed by atoms with Crippen LogP contribution in [-0.2, 0) is 17.6 Å². The molecule has 3 aliphatic rings. The third-order valence-electron chi connectivity index (χ3n) is 9.23. The lowest BCUT2D eigenvalue weighted by Crippen LogP contribution is -2.55. The SMILES string of the molecule is C=C(F)C(=O)N1CCN(c2nc(OC[C@@H]3CCCN3C)nc3c2CC[C@H](c2cc(O)cc4ccccc24)C3)C[C@H]1CC#N. The molecule has 0 spiro atoms. The summed E-state index contributed by atoms with van der Waals surface area (Å²) in [5.41, 5.74) is 3.05. The minimum absolute atomic E-state index is 0.0762. The molecule has 3 atom stereocenters. The van der Waals surface area contributed by atoms with Crippen LogP contribution in [0, 0.1) is 11.3 Å². The summed E-state index contributed by atoms with van der Waals surface area (Å²) >= 11 is 0. The second kappa shape index (κ2) is 12.2. The van der Waals surface area contributed by atoms with Gasteiger partial charge in [-0.2, -0.15) is 15.2 Å². The molecule has 0 bridgehead atoms. The Morgan fingerprint density at radius 2 is 2.02 bits per heavy atom. The van der Waals surface area contributed by atoms with Crippen molar-refractivity contribution in [3.63, 3.8) is 0 Å². The van der Waals surface area contributed by atoms with Crippen LogP contribution in [0.15, 0.2) is 48.8 Å². The van der Waals surface area contributed by atoms with Gasteiger partial charge in [0.15, 0.2) is 5.83 Å². The molecule has 1 aliphatic carbocycles. The number of amides is 1. The van der Waals surface area contributed by atoms with Gasteiger partial charge in [0.2, 0.25) is 0 Å². The number of rotatable bonds is 7. The zero-order valence-electron chi connectivity index (χ0n) is 24.5. The summed E-state index contributed by atoms with van der Waals surface area (Å²) < 4.78 is 20.0. The van der Waals surface area contributed by atoms with E-state index in [0.29, 0.717) is 38.2 Å². The lowest BCUT2D eigenvalue weighted by Gasteiger charge is -2.42. The minimum Gasteiger partial charge on any atom is -0.508 e. The number of halogens is 1. The predicted octanol–water partition coefficient (Wildman–Crippen LogP) is 4.49. The molecule has 9 nitrogen and oxygen atoms in total. The number of carbonyl (C=O) groups is 1. The standard InChI is InChI=1S/C33H37FN6O3/c1-21(34)32(42)40-15-14-39(19-24(40)11-12-35)31-28-10-9-23(29-18-26(41)16-22-6-3-4-8-27(22)29)17-30(28)36-33(37-31)43-20-25-7-5-13-38(25)2/h3-4,6,8,16,18,23-25,41H,1,5,7,9-11,13-15,17,19-20H2,2H3/t23-,24+,25-/m0/s1. The molecule has 0 saturated carbocycles. The van der Waals surface area contributed by atoms with Gasteiger partial charge in [0, 0.05) is 31.2 Å². The molecule has 0 radical (unpaired) electrons. The second-order valence-corrected chi connectivity index (χ2v) is 11.9. The molecule has 1 amide bonds. The van der Waals surface area contributed by atoms with Crippen LogP contribution >= 0.6 is 0 Å². The van der Waals surface area contributed by atoms with Gasteiger partial charge in [-0.1, -0.05) is 30.8 Å². The number of aromatic hydroxyl groups is 1. The minimum atomic E-state index is -1.02. The van der Waals surface area contributed by atoms with Crippen LogP contribution in [0.4, 0.5) is 10.2 Å². The number of benzene rings is 2. The van der Waals surface area contributed by atoms with Gasteiger partial charge in [-0.15, -0.1) is 0 Å². The van der Waals surface area contributed by atoms with E-state index in [-0.39, 0.29) is 24.6 Å². The lowest BCUT2D eigenvalue weighted by atomic mass is 9.80. The van der Waals surface area contributed by atoms with E-state index < -0.39 is 17.8 Å². The first-order valence-electron chi connectivity index (χ1n) is 15.0. The monoisotopic (exact) mass is 584 g/mol. The van der Waals surface area contributed by atoms with Crippen LogP contribution in [-0.4, -0.2) is 82.7 Å². The number of nitriles is 1. The molecule has 2 saturated heterocycles. The van der Waals surface area contributed by atoms with Gasteiger partial charge in [0.25, 0.3) is 5.91 Å². The van der Waals surface area contributed by atoms with Gasteiger partial charge in [-0.25, -0.2) is 4.39 Å². The van der Waals surface area contributed by atoms with E-state index in [1.54, 1.807) is 6.07 Å². The van der Waals surface area contributed by atoms with E-state index in [4.69, 9.17) is 14.7 Å². The van der Waals surface area contributed by atoms with Gasteiger partial charge in [0.1, 0.15) is 18.2 Å². The van der Waals surface area contributed by atoms with Gasteiger partial charge < -0.3 is 24.5 Å². The van der Waals surface area contributed by atoms with Gasteiger partial charge in [-0.05, 0) is 80.1 Å². The van der Waals surface area contributed by atoms with Crippen LogP contribution in [0.3, 0.4) is 0 Å². The largest absolute Gasteiger partial charge is 0.508 e. The Kier molecular flexibility index (Phi) is 8.17. The summed E-state index contributed by atoms with van der Waals surface area (Å²) in [7, 11) is 2.10. The first-order valence-corrected chi connectivity index (χ1v) is 15.0. The molecular formula is C33H37FN6O3. The summed E-state index contributed by atoms with van der Waals surface area (Å²) in [6, 6.07) is 14.1. The molecule has 1 aromatic heterocycles. The maximum Gasteiger partial charge on any atom is 0.318 e. The average molecular weight is 585 g/mol. The van der Waals surface area contributed by atoms with Crippen molar-refractivity contribution in [3.05, 3.63) is 65.6 Å². The first kappa shape index (κ1) is 28.9. The Morgan fingerprint density at radius 3 is 2.79 bits per heavy atom. The topological polar surface area (TPSA) is 106 Å². The average Bonchev–Trinajstić information content (AvgIpc) is 3.42. The molecule has 1 N–H and O–H groups in total. The Labute approximate surface area is 251 Å². The number of phenolic OH excluding ortho intramolecular Hbond substituents is 1. The molecule has 3 heterocycles. The van der Waals surface area contributed by atoms with E-state index in [2.05, 4.69) is 35.6 Å². The fraction of sp³-hybridized carbons (Fsp3) is 0.455. The van der Waals surface area contributed by atoms with Crippen molar-refractivity contribution in [2.24, 2.45) is 0 Å². The maximum atomic E-state index is 13.8. The van der Waals surface area contributed by atoms with E-state index in [0.717, 1.165) is 65.6 Å². The molecule has 3 aromatic rings. The van der Waals surface area contributed by atoms with Crippen molar-refractivity contribution >= 4 is 22.5 Å². The molecule has 2 fully saturated rings. The fourth-order valence-electron chi connectivity index (χ4n) is 6.94. The van der Waals surface area contributed by atoms with Crippen LogP contribution in [0.1, 0.15) is 48.4 Å². The Morgan fingerprint density at radius 1 is 1.19 bits per heavy atom. The highest BCUT2D eigenvalue weighted by Crippen LogP contribution is 2.40. The van der Waals surface area contributed by atoms with E-state index in [1.165, 1.54) is 4.90 Å². The Balaban J connectivity index is 1.34. The van der Waals surface area contributed by atoms with Crippen LogP contribution in [0.2, 0.25) is 0 Å². The highest BCUT2D eigenvalue weighted by molar-refractivity contribution is 5.91. The fourth-order valence-corrected chi connectivity index (χ4v) is 6.94. The van der Waals surface area contributed by atoms with Crippen molar-refractivity contribution < 1.29 is 19.0 Å². The molecule has 43 heavy (non-hydrogen) atoms. The molecule has 10 heteroatoms. The third-order valence-corrected chi connectivity index (χ3v) is 9.23. The molecule has 6 rings (SSSR count). The molecule has 224 valence electrons. The third kappa shape index (κ3) is 5.87. The van der Waals surface area contributed by atoms with Crippen molar-refractivity contribution in [1.82, 2.24) is 19.8 Å². The molecule has 2 aromatic carbocycles. The number of aromatic nitrogens is 2. The number of fused-ring (bicyclic) bond motifs is 2. The Hall–Kier alpha value is -4.23. The smallest absolute Gasteiger partial charge is 0.318 e. The number of likely N-dealkylation sites (tertiary alicyclic amines) is 1. The second-order valence-electron chi connectivity index (χ2n) is 11.9. The Bertz CT molecular complexity index is 1590. The number of hydrogen-bond donors (Lipinski definition) is 1. The zero-order chi connectivity index (χ0) is 30.1. The number of phenols is 1.